The Labute approximate surface area is 132 Å². The molecule has 2 aromatic rings. The van der Waals surface area contributed by atoms with E-state index < -0.39 is 0 Å². The molecule has 22 heavy (non-hydrogen) atoms. The number of nitrogens with two attached hydrogens (primary N) is 1. The molecule has 7 nitrogen and oxygen atoms in total. The molecule has 0 bridgehead atoms. The summed E-state index contributed by atoms with van der Waals surface area (Å²) in [6.07, 6.45) is 0. The zero-order valence-electron chi connectivity index (χ0n) is 12.2. The molecule has 0 spiro atoms. The van der Waals surface area contributed by atoms with E-state index in [9.17, 15) is 4.79 Å². The van der Waals surface area contributed by atoms with Crippen LogP contribution in [0.15, 0.2) is 34.1 Å². The van der Waals surface area contributed by atoms with Gasteiger partial charge in [-0.3, -0.25) is 9.78 Å². The van der Waals surface area contributed by atoms with Gasteiger partial charge in [-0.1, -0.05) is 17.7 Å². The van der Waals surface area contributed by atoms with E-state index in [-0.39, 0.29) is 24.1 Å². The number of H-pyrrole nitrogens is 1. The second-order valence-electron chi connectivity index (χ2n) is 4.58. The van der Waals surface area contributed by atoms with Crippen molar-refractivity contribution in [2.75, 3.05) is 12.4 Å². The van der Waals surface area contributed by atoms with Crippen LogP contribution in [0.2, 0.25) is 5.02 Å². The number of benzene rings is 1. The predicted molar refractivity (Wildman–Crippen MR) is 86.7 cm³/mol. The molecule has 8 heteroatoms. The van der Waals surface area contributed by atoms with Crippen LogP contribution in [-0.4, -0.2) is 23.0 Å². The molecule has 0 aliphatic carbocycles. The van der Waals surface area contributed by atoms with Crippen molar-refractivity contribution in [3.63, 3.8) is 0 Å². The van der Waals surface area contributed by atoms with Crippen molar-refractivity contribution in [1.82, 2.24) is 9.97 Å². The number of rotatable bonds is 4. The summed E-state index contributed by atoms with van der Waals surface area (Å²) >= 11 is 6.04. The summed E-state index contributed by atoms with van der Waals surface area (Å²) < 4.78 is 4.94. The van der Waals surface area contributed by atoms with Crippen molar-refractivity contribution >= 4 is 29.2 Å². The van der Waals surface area contributed by atoms with Gasteiger partial charge in [0.2, 0.25) is 11.9 Å². The van der Waals surface area contributed by atoms with Gasteiger partial charge in [0.25, 0.3) is 5.56 Å². The number of aromatic nitrogens is 2. The van der Waals surface area contributed by atoms with Crippen molar-refractivity contribution in [1.29, 1.82) is 0 Å². The maximum atomic E-state index is 11.5. The average molecular weight is 322 g/mol. The number of hydrogen-bond acceptors (Lipinski definition) is 4. The highest BCUT2D eigenvalue weighted by Crippen LogP contribution is 2.19. The number of hydrogen-bond donors (Lipinski definition) is 3. The Morgan fingerprint density at radius 3 is 2.95 bits per heavy atom. The van der Waals surface area contributed by atoms with Gasteiger partial charge in [0.05, 0.1) is 12.3 Å². The van der Waals surface area contributed by atoms with E-state index in [1.54, 1.807) is 6.07 Å². The first-order valence-electron chi connectivity index (χ1n) is 6.44. The van der Waals surface area contributed by atoms with E-state index in [1.165, 1.54) is 13.2 Å². The molecule has 116 valence electrons. The van der Waals surface area contributed by atoms with Crippen LogP contribution in [0, 0.1) is 6.92 Å². The van der Waals surface area contributed by atoms with Gasteiger partial charge in [-0.05, 0) is 24.6 Å². The van der Waals surface area contributed by atoms with E-state index in [4.69, 9.17) is 22.1 Å². The lowest BCUT2D eigenvalue weighted by Gasteiger charge is -2.07. The Morgan fingerprint density at radius 1 is 1.50 bits per heavy atom. The third kappa shape index (κ3) is 4.31. The number of aromatic amines is 1. The lowest BCUT2D eigenvalue weighted by atomic mass is 10.2. The third-order valence-electron chi connectivity index (χ3n) is 2.75. The summed E-state index contributed by atoms with van der Waals surface area (Å²) in [6, 6.07) is 6.75. The van der Waals surface area contributed by atoms with Crippen LogP contribution in [0.4, 0.5) is 11.6 Å². The van der Waals surface area contributed by atoms with Crippen LogP contribution in [0.25, 0.3) is 0 Å². The monoisotopic (exact) mass is 321 g/mol. The molecule has 1 heterocycles. The predicted octanol–water partition coefficient (Wildman–Crippen LogP) is 1.94. The third-order valence-corrected chi connectivity index (χ3v) is 3.15. The van der Waals surface area contributed by atoms with Gasteiger partial charge in [-0.2, -0.15) is 4.99 Å². The normalized spacial score (nSPS) is 11.5. The molecule has 4 N–H and O–H groups in total. The molecule has 1 aromatic heterocycles. The minimum atomic E-state index is -0.327. The second-order valence-corrected chi connectivity index (χ2v) is 4.99. The summed E-state index contributed by atoms with van der Waals surface area (Å²) in [5.41, 5.74) is 7.59. The maximum Gasteiger partial charge on any atom is 0.252 e. The van der Waals surface area contributed by atoms with Crippen LogP contribution in [0.3, 0.4) is 0 Å². The number of nitrogens with zero attached hydrogens (tertiary/aromatic N) is 2. The number of guanidine groups is 1. The zero-order valence-corrected chi connectivity index (χ0v) is 12.9. The second kappa shape index (κ2) is 7.06. The summed E-state index contributed by atoms with van der Waals surface area (Å²) in [5.74, 6) is 0.181. The highest BCUT2D eigenvalue weighted by Gasteiger charge is 2.03. The smallest absolute Gasteiger partial charge is 0.252 e. The minimum absolute atomic E-state index is 0.0811. The van der Waals surface area contributed by atoms with Crippen LogP contribution in [0.5, 0.6) is 0 Å². The van der Waals surface area contributed by atoms with Crippen LogP contribution in [0.1, 0.15) is 11.3 Å². The number of halogens is 1. The first-order valence-corrected chi connectivity index (χ1v) is 6.82. The first-order chi connectivity index (χ1) is 10.5. The fourth-order valence-electron chi connectivity index (χ4n) is 1.73. The van der Waals surface area contributed by atoms with E-state index >= 15 is 0 Å². The standard InChI is InChI=1S/C14H16ClN5O2/c1-8-3-4-9(5-11(8)15)17-13(16)20-14-18-10(7-22-2)6-12(21)19-14/h3-6H,7H2,1-2H3,(H4,16,17,18,19,20,21). The number of aliphatic imine (C=N–C) groups is 1. The summed E-state index contributed by atoms with van der Waals surface area (Å²) in [5, 5.41) is 3.50. The van der Waals surface area contributed by atoms with Crippen molar-refractivity contribution in [2.24, 2.45) is 10.7 Å². The molecule has 0 fully saturated rings. The van der Waals surface area contributed by atoms with Gasteiger partial charge < -0.3 is 15.8 Å². The van der Waals surface area contributed by atoms with Crippen molar-refractivity contribution in [3.8, 4) is 0 Å². The lowest BCUT2D eigenvalue weighted by molar-refractivity contribution is 0.181. The molecule has 0 unspecified atom stereocenters. The highest BCUT2D eigenvalue weighted by molar-refractivity contribution is 6.31. The van der Waals surface area contributed by atoms with Crippen molar-refractivity contribution in [3.05, 3.63) is 50.9 Å². The SMILES string of the molecule is COCc1cc(=O)[nH]c(N=C(N)Nc2ccc(C)c(Cl)c2)n1. The molecular formula is C14H16ClN5O2. The molecule has 0 saturated carbocycles. The fraction of sp³-hybridized carbons (Fsp3) is 0.214. The molecule has 0 atom stereocenters. The zero-order chi connectivity index (χ0) is 16.1. The Bertz CT molecular complexity index is 757. The summed E-state index contributed by atoms with van der Waals surface area (Å²) in [4.78, 5) is 22.1. The van der Waals surface area contributed by atoms with Gasteiger partial charge in [-0.25, -0.2) is 4.98 Å². The van der Waals surface area contributed by atoms with E-state index in [0.717, 1.165) is 5.56 Å². The number of aryl methyl sites for hydroxylation is 1. The molecule has 0 aliphatic heterocycles. The Kier molecular flexibility index (Phi) is 5.13. The van der Waals surface area contributed by atoms with Crippen LogP contribution >= 0.6 is 11.6 Å². The Balaban J connectivity index is 2.21. The van der Waals surface area contributed by atoms with E-state index in [0.29, 0.717) is 16.4 Å². The number of methoxy groups -OCH3 is 1. The number of ether oxygens (including phenoxy) is 1. The van der Waals surface area contributed by atoms with E-state index in [2.05, 4.69) is 20.3 Å². The van der Waals surface area contributed by atoms with Gasteiger partial charge in [0, 0.05) is 23.9 Å². The summed E-state index contributed by atoms with van der Waals surface area (Å²) in [7, 11) is 1.52. The number of nitrogens with one attached hydrogen (secondary N) is 2. The van der Waals surface area contributed by atoms with Crippen LogP contribution in [-0.2, 0) is 11.3 Å². The maximum absolute atomic E-state index is 11.5. The Hall–Kier alpha value is -2.38. The molecule has 0 radical (unpaired) electrons. The Morgan fingerprint density at radius 2 is 2.27 bits per heavy atom. The quantitative estimate of drug-likeness (QED) is 0.589. The van der Waals surface area contributed by atoms with Crippen LogP contribution < -0.4 is 16.6 Å². The average Bonchev–Trinajstić information content (AvgIpc) is 2.42. The van der Waals surface area contributed by atoms with Gasteiger partial charge in [0.15, 0.2) is 0 Å². The van der Waals surface area contributed by atoms with Gasteiger partial charge in [-0.15, -0.1) is 0 Å². The van der Waals surface area contributed by atoms with E-state index in [1.807, 2.05) is 19.1 Å². The molecule has 2 rings (SSSR count). The number of anilines is 1. The summed E-state index contributed by atoms with van der Waals surface area (Å²) in [6.45, 7) is 2.12. The fourth-order valence-corrected chi connectivity index (χ4v) is 1.91. The van der Waals surface area contributed by atoms with Gasteiger partial charge in [0.1, 0.15) is 0 Å². The molecular weight excluding hydrogens is 306 g/mol. The minimum Gasteiger partial charge on any atom is -0.378 e. The topological polar surface area (TPSA) is 105 Å². The molecule has 0 saturated heterocycles. The highest BCUT2D eigenvalue weighted by atomic mass is 35.5. The molecule has 0 amide bonds. The van der Waals surface area contributed by atoms with Crippen molar-refractivity contribution < 1.29 is 4.74 Å². The molecule has 0 aliphatic rings. The largest absolute Gasteiger partial charge is 0.378 e. The van der Waals surface area contributed by atoms with Gasteiger partial charge >= 0.3 is 0 Å². The van der Waals surface area contributed by atoms with Crippen molar-refractivity contribution in [2.45, 2.75) is 13.5 Å². The first kappa shape index (κ1) is 16.0. The molecule has 1 aromatic carbocycles. The lowest BCUT2D eigenvalue weighted by Crippen LogP contribution is -2.22.